The molecule has 0 aliphatic heterocycles. The van der Waals surface area contributed by atoms with Gasteiger partial charge in [0.15, 0.2) is 11.5 Å². The van der Waals surface area contributed by atoms with Crippen LogP contribution in [0, 0.1) is 0 Å². The maximum Gasteiger partial charge on any atom is 0.255 e. The maximum absolute atomic E-state index is 12.2. The smallest absolute Gasteiger partial charge is 0.255 e. The molecule has 0 atom stereocenters. The van der Waals surface area contributed by atoms with E-state index in [-0.39, 0.29) is 5.91 Å². The molecule has 0 aromatic heterocycles. The van der Waals surface area contributed by atoms with Crippen molar-refractivity contribution in [2.24, 2.45) is 0 Å². The van der Waals surface area contributed by atoms with Crippen LogP contribution in [0.3, 0.4) is 0 Å². The number of halogens is 1. The van der Waals surface area contributed by atoms with Crippen molar-refractivity contribution in [2.75, 3.05) is 33.2 Å². The lowest BCUT2D eigenvalue weighted by molar-refractivity contribution is 0.0949. The first-order valence-corrected chi connectivity index (χ1v) is 7.94. The van der Waals surface area contributed by atoms with Gasteiger partial charge in [-0.1, -0.05) is 22.4 Å². The summed E-state index contributed by atoms with van der Waals surface area (Å²) in [6.07, 6.45) is 3.14. The molecular formula is C15H22BrNO4. The van der Waals surface area contributed by atoms with Gasteiger partial charge in [0.2, 0.25) is 0 Å². The van der Waals surface area contributed by atoms with Crippen LogP contribution in [0.2, 0.25) is 0 Å². The number of hydrogen-bond acceptors (Lipinski definition) is 4. The van der Waals surface area contributed by atoms with Gasteiger partial charge in [-0.2, -0.15) is 0 Å². The highest BCUT2D eigenvalue weighted by Crippen LogP contribution is 2.34. The summed E-state index contributed by atoms with van der Waals surface area (Å²) in [6.45, 7) is 0.642. The summed E-state index contributed by atoms with van der Waals surface area (Å²) in [6, 6.07) is 3.28. The van der Waals surface area contributed by atoms with E-state index in [2.05, 4.69) is 21.2 Å². The van der Waals surface area contributed by atoms with Crippen LogP contribution < -0.4 is 19.5 Å². The van der Waals surface area contributed by atoms with Crippen molar-refractivity contribution in [1.29, 1.82) is 0 Å². The van der Waals surface area contributed by atoms with Gasteiger partial charge < -0.3 is 19.5 Å². The molecule has 118 valence electrons. The van der Waals surface area contributed by atoms with Crippen LogP contribution in [0.4, 0.5) is 0 Å². The lowest BCUT2D eigenvalue weighted by Crippen LogP contribution is -2.25. The Morgan fingerprint density at radius 2 is 1.62 bits per heavy atom. The molecule has 0 heterocycles. The number of carbonyl (C=O) groups is 1. The van der Waals surface area contributed by atoms with Crippen molar-refractivity contribution >= 4 is 21.8 Å². The number of unbranched alkanes of at least 4 members (excludes halogenated alkanes) is 2. The van der Waals surface area contributed by atoms with Crippen molar-refractivity contribution in [1.82, 2.24) is 5.32 Å². The molecule has 21 heavy (non-hydrogen) atoms. The summed E-state index contributed by atoms with van der Waals surface area (Å²) in [5.74, 6) is 1.32. The minimum atomic E-state index is -0.174. The Labute approximate surface area is 134 Å². The molecule has 0 radical (unpaired) electrons. The standard InChI is InChI=1S/C15H22BrNO4/c1-19-12-10-14(21-3)13(20-2)9-11(12)15(18)17-8-6-4-5-7-16/h9-10H,4-8H2,1-3H3,(H,17,18). The lowest BCUT2D eigenvalue weighted by atomic mass is 10.1. The zero-order valence-corrected chi connectivity index (χ0v) is 14.3. The van der Waals surface area contributed by atoms with E-state index < -0.39 is 0 Å². The second kappa shape index (κ2) is 9.50. The number of ether oxygens (including phenoxy) is 3. The SMILES string of the molecule is COc1cc(OC)c(C(=O)NCCCCCBr)cc1OC. The van der Waals surface area contributed by atoms with E-state index in [0.717, 1.165) is 24.6 Å². The third-order valence-electron chi connectivity index (χ3n) is 3.05. The van der Waals surface area contributed by atoms with Gasteiger partial charge in [0.05, 0.1) is 26.9 Å². The van der Waals surface area contributed by atoms with Crippen molar-refractivity contribution in [3.05, 3.63) is 17.7 Å². The molecule has 1 aromatic carbocycles. The van der Waals surface area contributed by atoms with Gasteiger partial charge in [-0.15, -0.1) is 0 Å². The predicted molar refractivity (Wildman–Crippen MR) is 86.1 cm³/mol. The van der Waals surface area contributed by atoms with Gasteiger partial charge in [-0.3, -0.25) is 4.79 Å². The summed E-state index contributed by atoms with van der Waals surface area (Å²) in [7, 11) is 4.60. The summed E-state index contributed by atoms with van der Waals surface area (Å²) >= 11 is 3.39. The van der Waals surface area contributed by atoms with Crippen molar-refractivity contribution < 1.29 is 19.0 Å². The van der Waals surface area contributed by atoms with Gasteiger partial charge in [0.1, 0.15) is 5.75 Å². The molecular weight excluding hydrogens is 338 g/mol. The summed E-state index contributed by atoms with van der Waals surface area (Å²) in [5.41, 5.74) is 0.440. The maximum atomic E-state index is 12.2. The first kappa shape index (κ1) is 17.6. The van der Waals surface area contributed by atoms with Gasteiger partial charge in [-0.05, 0) is 12.8 Å². The monoisotopic (exact) mass is 359 g/mol. The fraction of sp³-hybridized carbons (Fsp3) is 0.533. The highest BCUT2D eigenvalue weighted by Gasteiger charge is 2.17. The Morgan fingerprint density at radius 1 is 1.00 bits per heavy atom. The van der Waals surface area contributed by atoms with Crippen LogP contribution in [0.5, 0.6) is 17.2 Å². The van der Waals surface area contributed by atoms with E-state index in [0.29, 0.717) is 29.4 Å². The number of alkyl halides is 1. The zero-order chi connectivity index (χ0) is 15.7. The van der Waals surface area contributed by atoms with E-state index in [9.17, 15) is 4.79 Å². The molecule has 0 spiro atoms. The molecule has 5 nitrogen and oxygen atoms in total. The predicted octanol–water partition coefficient (Wildman–Crippen LogP) is 3.01. The minimum absolute atomic E-state index is 0.174. The average Bonchev–Trinajstić information content (AvgIpc) is 2.52. The van der Waals surface area contributed by atoms with Gasteiger partial charge in [0, 0.05) is 24.0 Å². The highest BCUT2D eigenvalue weighted by molar-refractivity contribution is 9.09. The van der Waals surface area contributed by atoms with E-state index in [4.69, 9.17) is 14.2 Å². The number of carbonyl (C=O) groups excluding carboxylic acids is 1. The molecule has 6 heteroatoms. The summed E-state index contributed by atoms with van der Waals surface area (Å²) in [5, 5.41) is 3.88. The van der Waals surface area contributed by atoms with Crippen molar-refractivity contribution in [3.63, 3.8) is 0 Å². The van der Waals surface area contributed by atoms with Crippen LogP contribution in [0.1, 0.15) is 29.6 Å². The van der Waals surface area contributed by atoms with Crippen LogP contribution in [0.15, 0.2) is 12.1 Å². The van der Waals surface area contributed by atoms with Crippen LogP contribution in [-0.4, -0.2) is 39.1 Å². The normalized spacial score (nSPS) is 10.1. The van der Waals surface area contributed by atoms with Crippen molar-refractivity contribution in [2.45, 2.75) is 19.3 Å². The van der Waals surface area contributed by atoms with E-state index in [1.165, 1.54) is 14.2 Å². The molecule has 1 rings (SSSR count). The third-order valence-corrected chi connectivity index (χ3v) is 3.61. The highest BCUT2D eigenvalue weighted by atomic mass is 79.9. The molecule has 0 bridgehead atoms. The summed E-state index contributed by atoms with van der Waals surface area (Å²) in [4.78, 5) is 12.2. The molecule has 1 N–H and O–H groups in total. The fourth-order valence-electron chi connectivity index (χ4n) is 1.90. The van der Waals surface area contributed by atoms with Crippen LogP contribution >= 0.6 is 15.9 Å². The first-order chi connectivity index (χ1) is 10.2. The lowest BCUT2D eigenvalue weighted by Gasteiger charge is -2.14. The minimum Gasteiger partial charge on any atom is -0.496 e. The molecule has 0 saturated heterocycles. The van der Waals surface area contributed by atoms with Gasteiger partial charge >= 0.3 is 0 Å². The fourth-order valence-corrected chi connectivity index (χ4v) is 2.30. The largest absolute Gasteiger partial charge is 0.496 e. The molecule has 1 amide bonds. The molecule has 0 aliphatic rings. The number of amides is 1. The topological polar surface area (TPSA) is 56.8 Å². The molecule has 0 saturated carbocycles. The molecule has 1 aromatic rings. The second-order valence-electron chi connectivity index (χ2n) is 4.41. The van der Waals surface area contributed by atoms with Gasteiger partial charge in [-0.25, -0.2) is 0 Å². The Hall–Kier alpha value is -1.43. The molecule has 0 aliphatic carbocycles. The average molecular weight is 360 g/mol. The Bertz CT molecular complexity index is 465. The molecule has 0 unspecified atom stereocenters. The quantitative estimate of drug-likeness (QED) is 0.543. The number of benzene rings is 1. The van der Waals surface area contributed by atoms with Gasteiger partial charge in [0.25, 0.3) is 5.91 Å². The Kier molecular flexibility index (Phi) is 7.97. The molecule has 0 fully saturated rings. The number of methoxy groups -OCH3 is 3. The Morgan fingerprint density at radius 3 is 2.19 bits per heavy atom. The van der Waals surface area contributed by atoms with E-state index in [1.54, 1.807) is 19.2 Å². The summed E-state index contributed by atoms with van der Waals surface area (Å²) < 4.78 is 15.7. The van der Waals surface area contributed by atoms with Crippen molar-refractivity contribution in [3.8, 4) is 17.2 Å². The van der Waals surface area contributed by atoms with Crippen LogP contribution in [0.25, 0.3) is 0 Å². The Balaban J connectivity index is 2.77. The zero-order valence-electron chi connectivity index (χ0n) is 12.7. The van der Waals surface area contributed by atoms with E-state index >= 15 is 0 Å². The first-order valence-electron chi connectivity index (χ1n) is 6.82. The number of rotatable bonds is 9. The second-order valence-corrected chi connectivity index (χ2v) is 5.21. The van der Waals surface area contributed by atoms with E-state index in [1.807, 2.05) is 0 Å². The van der Waals surface area contributed by atoms with Crippen LogP contribution in [-0.2, 0) is 0 Å². The third kappa shape index (κ3) is 5.12. The number of hydrogen-bond donors (Lipinski definition) is 1. The number of nitrogens with one attached hydrogen (secondary N) is 1.